The molecule has 24 heavy (non-hydrogen) atoms. The van der Waals surface area contributed by atoms with Crippen LogP contribution >= 0.6 is 0 Å². The topological polar surface area (TPSA) is 70.0 Å². The average Bonchev–Trinajstić information content (AvgIpc) is 2.86. The molecule has 1 heterocycles. The number of fused-ring (bicyclic) bond motifs is 1. The van der Waals surface area contributed by atoms with Crippen molar-refractivity contribution in [2.24, 2.45) is 5.16 Å². The number of carbonyl (C=O) groups excluding carboxylic acids is 2. The molecule has 0 aliphatic carbocycles. The second kappa shape index (κ2) is 6.28. The average molecular weight is 322 g/mol. The van der Waals surface area contributed by atoms with Gasteiger partial charge in [0.15, 0.2) is 0 Å². The zero-order valence-electron chi connectivity index (χ0n) is 13.6. The summed E-state index contributed by atoms with van der Waals surface area (Å²) in [4.78, 5) is 27.2. The number of nitrogens with zero attached hydrogens (tertiary/aromatic N) is 2. The van der Waals surface area contributed by atoms with Crippen LogP contribution in [0, 0.1) is 0 Å². The van der Waals surface area contributed by atoms with E-state index in [0.717, 1.165) is 24.0 Å². The Morgan fingerprint density at radius 3 is 2.21 bits per heavy atom. The van der Waals surface area contributed by atoms with E-state index >= 15 is 0 Å². The number of hydrogen-bond donors (Lipinski definition) is 1. The van der Waals surface area contributed by atoms with Crippen molar-refractivity contribution >= 4 is 23.7 Å². The molecule has 0 saturated heterocycles. The number of benzene rings is 2. The second-order valence-corrected chi connectivity index (χ2v) is 5.59. The molecule has 0 radical (unpaired) electrons. The number of rotatable bonds is 4. The third-order valence-electron chi connectivity index (χ3n) is 4.33. The first kappa shape index (κ1) is 15.9. The molecule has 2 aromatic carbocycles. The lowest BCUT2D eigenvalue weighted by Crippen LogP contribution is -2.31. The predicted molar refractivity (Wildman–Crippen MR) is 92.2 cm³/mol. The summed E-state index contributed by atoms with van der Waals surface area (Å²) in [5.41, 5.74) is 3.66. The van der Waals surface area contributed by atoms with E-state index < -0.39 is 0 Å². The first-order valence-electron chi connectivity index (χ1n) is 7.94. The van der Waals surface area contributed by atoms with Crippen molar-refractivity contribution in [3.8, 4) is 0 Å². The fourth-order valence-corrected chi connectivity index (χ4v) is 3.19. The molecule has 3 rings (SSSR count). The van der Waals surface area contributed by atoms with E-state index in [1.807, 2.05) is 32.0 Å². The van der Waals surface area contributed by atoms with Crippen molar-refractivity contribution in [1.29, 1.82) is 0 Å². The fourth-order valence-electron chi connectivity index (χ4n) is 3.19. The lowest BCUT2D eigenvalue weighted by Gasteiger charge is -2.21. The number of anilines is 1. The molecule has 0 bridgehead atoms. The van der Waals surface area contributed by atoms with Crippen LogP contribution in [0.1, 0.15) is 51.3 Å². The quantitative estimate of drug-likeness (QED) is 0.406. The Balaban J connectivity index is 2.22. The standard InChI is InChI=1S/C19H18N2O3/c1-3-12-7-5-8-13(4-2)17(12)21-18(22)15-10-6-9-14(11-20-24)16(15)19(21)23/h5-11,24H,3-4H2,1-2H3. The van der Waals surface area contributed by atoms with Gasteiger partial charge in [-0.05, 0) is 30.0 Å². The summed E-state index contributed by atoms with van der Waals surface area (Å²) in [5, 5.41) is 11.8. The monoisotopic (exact) mass is 322 g/mol. The summed E-state index contributed by atoms with van der Waals surface area (Å²) >= 11 is 0. The highest BCUT2D eigenvalue weighted by Gasteiger charge is 2.39. The molecular weight excluding hydrogens is 304 g/mol. The van der Waals surface area contributed by atoms with Crippen molar-refractivity contribution < 1.29 is 14.8 Å². The van der Waals surface area contributed by atoms with Crippen molar-refractivity contribution in [3.05, 3.63) is 64.2 Å². The third kappa shape index (κ3) is 2.29. The van der Waals surface area contributed by atoms with Gasteiger partial charge in [-0.1, -0.05) is 49.3 Å². The molecular formula is C19H18N2O3. The van der Waals surface area contributed by atoms with E-state index in [4.69, 9.17) is 5.21 Å². The summed E-state index contributed by atoms with van der Waals surface area (Å²) in [6.45, 7) is 4.00. The van der Waals surface area contributed by atoms with Gasteiger partial charge in [-0.2, -0.15) is 0 Å². The van der Waals surface area contributed by atoms with Gasteiger partial charge in [-0.15, -0.1) is 0 Å². The van der Waals surface area contributed by atoms with Gasteiger partial charge in [0.2, 0.25) is 0 Å². The Kier molecular flexibility index (Phi) is 4.16. The molecule has 122 valence electrons. The first-order valence-corrected chi connectivity index (χ1v) is 7.94. The molecule has 1 aliphatic rings. The van der Waals surface area contributed by atoms with Gasteiger partial charge in [0.1, 0.15) is 0 Å². The van der Waals surface area contributed by atoms with Crippen molar-refractivity contribution in [1.82, 2.24) is 0 Å². The first-order chi connectivity index (χ1) is 11.6. The number of hydrogen-bond acceptors (Lipinski definition) is 4. The predicted octanol–water partition coefficient (Wildman–Crippen LogP) is 3.42. The molecule has 1 N–H and O–H groups in total. The Bertz CT molecular complexity index is 833. The minimum absolute atomic E-state index is 0.285. The second-order valence-electron chi connectivity index (χ2n) is 5.59. The molecule has 0 spiro atoms. The minimum Gasteiger partial charge on any atom is -0.411 e. The van der Waals surface area contributed by atoms with Crippen molar-refractivity contribution in [2.75, 3.05) is 4.90 Å². The van der Waals surface area contributed by atoms with Gasteiger partial charge in [0, 0.05) is 5.56 Å². The van der Waals surface area contributed by atoms with Gasteiger partial charge in [0.05, 0.1) is 23.0 Å². The van der Waals surface area contributed by atoms with Crippen LogP contribution in [0.15, 0.2) is 41.6 Å². The fraction of sp³-hybridized carbons (Fsp3) is 0.211. The Morgan fingerprint density at radius 2 is 1.62 bits per heavy atom. The molecule has 0 fully saturated rings. The summed E-state index contributed by atoms with van der Waals surface area (Å²) in [6, 6.07) is 10.8. The maximum Gasteiger partial charge on any atom is 0.266 e. The zero-order chi connectivity index (χ0) is 17.3. The van der Waals surface area contributed by atoms with Crippen molar-refractivity contribution in [2.45, 2.75) is 26.7 Å². The molecule has 0 unspecified atom stereocenters. The van der Waals surface area contributed by atoms with Crippen LogP contribution in [0.25, 0.3) is 0 Å². The smallest absolute Gasteiger partial charge is 0.266 e. The lowest BCUT2D eigenvalue weighted by molar-refractivity contribution is 0.0925. The molecule has 5 heteroatoms. The van der Waals surface area contributed by atoms with Crippen LogP contribution in [0.4, 0.5) is 5.69 Å². The van der Waals surface area contributed by atoms with E-state index in [1.54, 1.807) is 18.2 Å². The van der Waals surface area contributed by atoms with Crippen LogP contribution in [0.2, 0.25) is 0 Å². The largest absolute Gasteiger partial charge is 0.411 e. The Labute approximate surface area is 140 Å². The normalized spacial score (nSPS) is 13.8. The molecule has 1 aliphatic heterocycles. The van der Waals surface area contributed by atoms with Gasteiger partial charge in [0.25, 0.3) is 11.8 Å². The third-order valence-corrected chi connectivity index (χ3v) is 4.33. The molecule has 0 aromatic heterocycles. The highest BCUT2D eigenvalue weighted by atomic mass is 16.4. The van der Waals surface area contributed by atoms with E-state index in [9.17, 15) is 9.59 Å². The number of oxime groups is 1. The summed E-state index contributed by atoms with van der Waals surface area (Å²) < 4.78 is 0. The van der Waals surface area contributed by atoms with Gasteiger partial charge < -0.3 is 5.21 Å². The maximum absolute atomic E-state index is 13.0. The van der Waals surface area contributed by atoms with Crippen LogP contribution < -0.4 is 4.90 Å². The van der Waals surface area contributed by atoms with Crippen LogP contribution in [0.5, 0.6) is 0 Å². The molecule has 5 nitrogen and oxygen atoms in total. The highest BCUT2D eigenvalue weighted by molar-refractivity contribution is 6.36. The zero-order valence-corrected chi connectivity index (χ0v) is 13.6. The van der Waals surface area contributed by atoms with E-state index in [2.05, 4.69) is 5.16 Å². The summed E-state index contributed by atoms with van der Waals surface area (Å²) in [7, 11) is 0. The van der Waals surface area contributed by atoms with E-state index in [0.29, 0.717) is 16.8 Å². The minimum atomic E-state index is -0.374. The number of amides is 2. The maximum atomic E-state index is 13.0. The van der Waals surface area contributed by atoms with Crippen LogP contribution in [-0.4, -0.2) is 23.2 Å². The molecule has 2 aromatic rings. The highest BCUT2D eigenvalue weighted by Crippen LogP contribution is 2.35. The number of para-hydroxylation sites is 1. The number of carbonyl (C=O) groups is 2. The SMILES string of the molecule is CCc1cccc(CC)c1N1C(=O)c2cccc(C=NO)c2C1=O. The van der Waals surface area contributed by atoms with Crippen LogP contribution in [0.3, 0.4) is 0 Å². The Morgan fingerprint density at radius 1 is 1.00 bits per heavy atom. The molecule has 0 saturated carbocycles. The van der Waals surface area contributed by atoms with Gasteiger partial charge in [-0.25, -0.2) is 4.90 Å². The van der Waals surface area contributed by atoms with E-state index in [1.165, 1.54) is 11.1 Å². The summed E-state index contributed by atoms with van der Waals surface area (Å²) in [5.74, 6) is -0.708. The van der Waals surface area contributed by atoms with Gasteiger partial charge in [-0.3, -0.25) is 9.59 Å². The number of imide groups is 1. The lowest BCUT2D eigenvalue weighted by atomic mass is 10.0. The van der Waals surface area contributed by atoms with Crippen molar-refractivity contribution in [3.63, 3.8) is 0 Å². The van der Waals surface area contributed by atoms with Gasteiger partial charge >= 0.3 is 0 Å². The molecule has 2 amide bonds. The number of aryl methyl sites for hydroxylation is 2. The summed E-state index contributed by atoms with van der Waals surface area (Å²) in [6.07, 6.45) is 2.63. The Hall–Kier alpha value is -2.95. The molecule has 0 atom stereocenters. The van der Waals surface area contributed by atoms with Crippen LogP contribution in [-0.2, 0) is 12.8 Å². The van der Waals surface area contributed by atoms with E-state index in [-0.39, 0.29) is 17.4 Å².